The summed E-state index contributed by atoms with van der Waals surface area (Å²) >= 11 is 0. The van der Waals surface area contributed by atoms with Crippen molar-refractivity contribution in [2.24, 2.45) is 0 Å². The third-order valence-electron chi connectivity index (χ3n) is 1.97. The van der Waals surface area contributed by atoms with Crippen molar-refractivity contribution in [1.82, 2.24) is 9.88 Å². The first-order valence-electron chi connectivity index (χ1n) is 5.17. The van der Waals surface area contributed by atoms with Crippen molar-refractivity contribution in [3.63, 3.8) is 0 Å². The fourth-order valence-corrected chi connectivity index (χ4v) is 1.23. The topological polar surface area (TPSA) is 88.4 Å². The van der Waals surface area contributed by atoms with Crippen molar-refractivity contribution in [2.75, 3.05) is 19.4 Å². The molecule has 1 amide bonds. The zero-order valence-electron chi connectivity index (χ0n) is 10.4. The minimum atomic E-state index is -0.514. The van der Waals surface area contributed by atoms with Crippen LogP contribution in [0.4, 0.5) is 11.5 Å². The van der Waals surface area contributed by atoms with Crippen LogP contribution in [0.15, 0.2) is 18.5 Å². The van der Waals surface area contributed by atoms with E-state index >= 15 is 0 Å². The second kappa shape index (κ2) is 5.76. The largest absolute Gasteiger partial charge is 0.383 e. The van der Waals surface area contributed by atoms with Crippen molar-refractivity contribution in [1.29, 1.82) is 0 Å². The summed E-state index contributed by atoms with van der Waals surface area (Å²) in [7, 11) is 3.61. The Balaban J connectivity index is 3.15. The molecule has 0 spiro atoms. The van der Waals surface area contributed by atoms with E-state index in [2.05, 4.69) is 10.3 Å². The van der Waals surface area contributed by atoms with Gasteiger partial charge in [-0.15, -0.1) is 0 Å². The van der Waals surface area contributed by atoms with E-state index in [0.717, 1.165) is 6.20 Å². The second-order valence-corrected chi connectivity index (χ2v) is 3.85. The molecule has 0 radical (unpaired) electrons. The molecule has 18 heavy (non-hydrogen) atoms. The first-order valence-corrected chi connectivity index (χ1v) is 5.17. The molecule has 0 aliphatic carbocycles. The molecule has 0 aliphatic rings. The summed E-state index contributed by atoms with van der Waals surface area (Å²) < 4.78 is 0. The number of nitro groups is 1. The van der Waals surface area contributed by atoms with E-state index in [1.165, 1.54) is 13.0 Å². The van der Waals surface area contributed by atoms with E-state index in [9.17, 15) is 14.9 Å². The van der Waals surface area contributed by atoms with Crippen LogP contribution in [0.3, 0.4) is 0 Å². The van der Waals surface area contributed by atoms with Gasteiger partial charge in [-0.05, 0) is 18.3 Å². The lowest BCUT2D eigenvalue weighted by Gasteiger charge is -2.05. The number of amides is 1. The van der Waals surface area contributed by atoms with E-state index in [4.69, 9.17) is 0 Å². The zero-order chi connectivity index (χ0) is 13.7. The van der Waals surface area contributed by atoms with Crippen molar-refractivity contribution in [2.45, 2.75) is 6.92 Å². The number of anilines is 1. The average Bonchev–Trinajstić information content (AvgIpc) is 2.25. The summed E-state index contributed by atoms with van der Waals surface area (Å²) in [5.74, 6) is 0.00500. The lowest BCUT2D eigenvalue weighted by Crippen LogP contribution is -2.08. The average molecular weight is 250 g/mol. The van der Waals surface area contributed by atoms with Gasteiger partial charge < -0.3 is 10.2 Å². The van der Waals surface area contributed by atoms with Gasteiger partial charge in [-0.2, -0.15) is 0 Å². The molecule has 96 valence electrons. The molecule has 7 heteroatoms. The zero-order valence-corrected chi connectivity index (χ0v) is 10.4. The third-order valence-corrected chi connectivity index (χ3v) is 1.97. The van der Waals surface area contributed by atoms with Crippen LogP contribution >= 0.6 is 0 Å². The highest BCUT2D eigenvalue weighted by Gasteiger charge is 2.13. The minimum Gasteiger partial charge on any atom is -0.383 e. The molecule has 1 N–H and O–H groups in total. The molecule has 0 aromatic carbocycles. The Hall–Kier alpha value is -2.44. The molecular weight excluding hydrogens is 236 g/mol. The van der Waals surface area contributed by atoms with E-state index in [-0.39, 0.29) is 17.4 Å². The number of carbonyl (C=O) groups excluding carboxylic acids is 1. The quantitative estimate of drug-likeness (QED) is 0.645. The maximum atomic E-state index is 10.9. The molecule has 0 atom stereocenters. The fraction of sp³-hybridized carbons (Fsp3) is 0.273. The summed E-state index contributed by atoms with van der Waals surface area (Å²) in [4.78, 5) is 26.8. The summed E-state index contributed by atoms with van der Waals surface area (Å²) in [6.07, 6.45) is 4.39. The van der Waals surface area contributed by atoms with Gasteiger partial charge in [-0.3, -0.25) is 14.9 Å². The van der Waals surface area contributed by atoms with Crippen LogP contribution in [0.5, 0.6) is 0 Å². The van der Waals surface area contributed by atoms with Gasteiger partial charge in [0.15, 0.2) is 0 Å². The summed E-state index contributed by atoms with van der Waals surface area (Å²) in [5.41, 5.74) is 0.273. The van der Waals surface area contributed by atoms with E-state index < -0.39 is 4.92 Å². The van der Waals surface area contributed by atoms with E-state index in [1.807, 2.05) is 0 Å². The molecule has 1 aromatic heterocycles. The number of pyridine rings is 1. The molecule has 1 rings (SSSR count). The van der Waals surface area contributed by atoms with Crippen molar-refractivity contribution >= 4 is 23.5 Å². The van der Waals surface area contributed by atoms with Crippen LogP contribution in [-0.2, 0) is 4.79 Å². The van der Waals surface area contributed by atoms with Crippen LogP contribution in [0.2, 0.25) is 0 Å². The maximum Gasteiger partial charge on any atom is 0.294 e. The van der Waals surface area contributed by atoms with E-state index in [0.29, 0.717) is 5.56 Å². The number of rotatable bonds is 4. The van der Waals surface area contributed by atoms with Crippen molar-refractivity contribution < 1.29 is 9.72 Å². The molecule has 0 saturated heterocycles. The Bertz CT molecular complexity index is 497. The number of aromatic nitrogens is 1. The molecular formula is C11H14N4O3. The minimum absolute atomic E-state index is 0.109. The first kappa shape index (κ1) is 13.6. The lowest BCUT2D eigenvalue weighted by molar-refractivity contribution is -0.385. The van der Waals surface area contributed by atoms with E-state index in [1.54, 1.807) is 31.3 Å². The Labute approximate surface area is 104 Å². The summed E-state index contributed by atoms with van der Waals surface area (Å²) in [6.45, 7) is 1.35. The predicted molar refractivity (Wildman–Crippen MR) is 67.9 cm³/mol. The highest BCUT2D eigenvalue weighted by molar-refractivity contribution is 5.88. The molecule has 0 bridgehead atoms. The molecule has 1 heterocycles. The number of nitrogens with zero attached hydrogens (tertiary/aromatic N) is 3. The third kappa shape index (κ3) is 3.85. The van der Waals surface area contributed by atoms with Crippen molar-refractivity contribution in [3.8, 4) is 0 Å². The number of hydrogen-bond donors (Lipinski definition) is 1. The first-order chi connectivity index (χ1) is 8.40. The lowest BCUT2D eigenvalue weighted by atomic mass is 10.2. The Morgan fingerprint density at radius 1 is 1.56 bits per heavy atom. The summed E-state index contributed by atoms with van der Waals surface area (Å²) in [5, 5.41) is 13.3. The highest BCUT2D eigenvalue weighted by atomic mass is 16.6. The number of carbonyl (C=O) groups is 1. The Kier molecular flexibility index (Phi) is 4.36. The number of hydrogen-bond acceptors (Lipinski definition) is 5. The fourth-order valence-electron chi connectivity index (χ4n) is 1.23. The van der Waals surface area contributed by atoms with Gasteiger partial charge in [0.1, 0.15) is 12.0 Å². The maximum absolute atomic E-state index is 10.9. The van der Waals surface area contributed by atoms with Crippen LogP contribution in [-0.4, -0.2) is 34.8 Å². The molecule has 1 aromatic rings. The van der Waals surface area contributed by atoms with Gasteiger partial charge in [-0.25, -0.2) is 4.98 Å². The van der Waals surface area contributed by atoms with Crippen molar-refractivity contribution in [3.05, 3.63) is 34.1 Å². The Morgan fingerprint density at radius 2 is 2.22 bits per heavy atom. The highest BCUT2D eigenvalue weighted by Crippen LogP contribution is 2.21. The predicted octanol–water partition coefficient (Wildman–Crippen LogP) is 1.48. The van der Waals surface area contributed by atoms with Crippen LogP contribution in [0, 0.1) is 10.1 Å². The molecule has 0 aliphatic heterocycles. The van der Waals surface area contributed by atoms with Gasteiger partial charge in [0.25, 0.3) is 5.69 Å². The second-order valence-electron chi connectivity index (χ2n) is 3.85. The van der Waals surface area contributed by atoms with Crippen LogP contribution in [0.1, 0.15) is 12.5 Å². The summed E-state index contributed by atoms with van der Waals surface area (Å²) in [6, 6.07) is 1.46. The normalized spacial score (nSPS) is 10.4. The SMILES string of the molecule is CC(=O)Nc1cc(C=CN(C)C)c([N+](=O)[O-])cn1. The molecule has 0 saturated carbocycles. The monoisotopic (exact) mass is 250 g/mol. The Morgan fingerprint density at radius 3 is 2.72 bits per heavy atom. The van der Waals surface area contributed by atoms with Gasteiger partial charge in [0.05, 0.1) is 10.5 Å². The van der Waals surface area contributed by atoms with Gasteiger partial charge in [0, 0.05) is 21.0 Å². The number of nitrogens with one attached hydrogen (secondary N) is 1. The smallest absolute Gasteiger partial charge is 0.294 e. The van der Waals surface area contributed by atoms with Gasteiger partial charge in [-0.1, -0.05) is 0 Å². The van der Waals surface area contributed by atoms with Gasteiger partial charge >= 0.3 is 0 Å². The van der Waals surface area contributed by atoms with Gasteiger partial charge in [0.2, 0.25) is 5.91 Å². The molecule has 0 fully saturated rings. The van der Waals surface area contributed by atoms with Crippen LogP contribution < -0.4 is 5.32 Å². The molecule has 7 nitrogen and oxygen atoms in total. The van der Waals surface area contributed by atoms with Crippen LogP contribution in [0.25, 0.3) is 6.08 Å². The molecule has 0 unspecified atom stereocenters. The standard InChI is InChI=1S/C11H14N4O3/c1-8(16)13-11-6-9(4-5-14(2)3)10(7-12-11)15(17)18/h4-7H,1-3H3,(H,12,13,16).